The van der Waals surface area contributed by atoms with Crippen molar-refractivity contribution in [2.24, 2.45) is 0 Å². The second kappa shape index (κ2) is 5.56. The zero-order valence-corrected chi connectivity index (χ0v) is 9.55. The molecule has 102 valence electrons. The van der Waals surface area contributed by atoms with Crippen LogP contribution < -0.4 is 4.74 Å². The van der Waals surface area contributed by atoms with Crippen LogP contribution in [0.4, 0.5) is 17.6 Å². The first-order chi connectivity index (χ1) is 8.80. The molecule has 0 atom stereocenters. The lowest BCUT2D eigenvalue weighted by molar-refractivity contribution is -0.274. The third-order valence-corrected chi connectivity index (χ3v) is 1.92. The molecule has 0 aliphatic heterocycles. The highest BCUT2D eigenvalue weighted by molar-refractivity contribution is 5.93. The minimum absolute atomic E-state index is 0.166. The Labute approximate surface area is 105 Å². The average Bonchev–Trinajstić information content (AvgIpc) is 2.27. The van der Waals surface area contributed by atoms with Crippen LogP contribution in [-0.2, 0) is 4.74 Å². The van der Waals surface area contributed by atoms with E-state index in [1.807, 2.05) is 0 Å². The summed E-state index contributed by atoms with van der Waals surface area (Å²) < 4.78 is 58.1. The van der Waals surface area contributed by atoms with Crippen molar-refractivity contribution in [3.63, 3.8) is 0 Å². The third-order valence-electron chi connectivity index (χ3n) is 1.92. The molecule has 1 aromatic rings. The van der Waals surface area contributed by atoms with Gasteiger partial charge < -0.3 is 9.47 Å². The fourth-order valence-corrected chi connectivity index (χ4v) is 1.26. The number of carbonyl (C=O) groups is 1. The first kappa shape index (κ1) is 14.8. The van der Waals surface area contributed by atoms with Gasteiger partial charge in [-0.05, 0) is 19.1 Å². The first-order valence-corrected chi connectivity index (χ1v) is 4.95. The SMILES string of the molecule is CCOC(=O)c1c(F)ccc(C#N)c1OC(F)(F)F. The van der Waals surface area contributed by atoms with Crippen LogP contribution >= 0.6 is 0 Å². The molecule has 0 radical (unpaired) electrons. The molecule has 0 fully saturated rings. The Balaban J connectivity index is 3.42. The zero-order chi connectivity index (χ0) is 14.6. The number of rotatable bonds is 3. The summed E-state index contributed by atoms with van der Waals surface area (Å²) in [4.78, 5) is 11.4. The summed E-state index contributed by atoms with van der Waals surface area (Å²) in [6.07, 6.45) is -5.17. The highest BCUT2D eigenvalue weighted by atomic mass is 19.4. The molecule has 0 heterocycles. The summed E-state index contributed by atoms with van der Waals surface area (Å²) in [5.41, 5.74) is -1.68. The summed E-state index contributed by atoms with van der Waals surface area (Å²) >= 11 is 0. The van der Waals surface area contributed by atoms with Gasteiger partial charge in [0.25, 0.3) is 0 Å². The van der Waals surface area contributed by atoms with Gasteiger partial charge in [-0.25, -0.2) is 9.18 Å². The maximum atomic E-state index is 13.5. The van der Waals surface area contributed by atoms with Crippen molar-refractivity contribution < 1.29 is 31.8 Å². The van der Waals surface area contributed by atoms with Gasteiger partial charge in [0, 0.05) is 0 Å². The topological polar surface area (TPSA) is 59.3 Å². The number of nitrogens with zero attached hydrogens (tertiary/aromatic N) is 1. The minimum Gasteiger partial charge on any atom is -0.462 e. The fourth-order valence-electron chi connectivity index (χ4n) is 1.26. The highest BCUT2D eigenvalue weighted by Crippen LogP contribution is 2.32. The molecule has 0 amide bonds. The summed E-state index contributed by atoms with van der Waals surface area (Å²) in [5, 5.41) is 8.67. The molecule has 4 nitrogen and oxygen atoms in total. The van der Waals surface area contributed by atoms with E-state index in [9.17, 15) is 22.4 Å². The molecule has 0 N–H and O–H groups in total. The van der Waals surface area contributed by atoms with E-state index in [4.69, 9.17) is 5.26 Å². The smallest absolute Gasteiger partial charge is 0.462 e. The second-order valence-electron chi connectivity index (χ2n) is 3.18. The zero-order valence-electron chi connectivity index (χ0n) is 9.55. The average molecular weight is 277 g/mol. The number of ether oxygens (including phenoxy) is 2. The Morgan fingerprint density at radius 2 is 2.05 bits per heavy atom. The van der Waals surface area contributed by atoms with Gasteiger partial charge in [0.15, 0.2) is 5.75 Å². The Hall–Kier alpha value is -2.30. The quantitative estimate of drug-likeness (QED) is 0.629. The van der Waals surface area contributed by atoms with Crippen LogP contribution in [0.15, 0.2) is 12.1 Å². The molecule has 0 spiro atoms. The van der Waals surface area contributed by atoms with Crippen molar-refractivity contribution in [2.45, 2.75) is 13.3 Å². The predicted octanol–water partition coefficient (Wildman–Crippen LogP) is 2.77. The van der Waals surface area contributed by atoms with Crippen LogP contribution in [0.3, 0.4) is 0 Å². The van der Waals surface area contributed by atoms with E-state index in [-0.39, 0.29) is 6.61 Å². The lowest BCUT2D eigenvalue weighted by Gasteiger charge is -2.14. The maximum Gasteiger partial charge on any atom is 0.573 e. The molecule has 0 aliphatic carbocycles. The molecule has 0 bridgehead atoms. The van der Waals surface area contributed by atoms with E-state index in [1.165, 1.54) is 13.0 Å². The van der Waals surface area contributed by atoms with Gasteiger partial charge in [-0.15, -0.1) is 13.2 Å². The van der Waals surface area contributed by atoms with Gasteiger partial charge in [0.2, 0.25) is 0 Å². The van der Waals surface area contributed by atoms with Crippen molar-refractivity contribution in [2.75, 3.05) is 6.61 Å². The molecule has 0 saturated carbocycles. The molecule has 0 aliphatic rings. The van der Waals surface area contributed by atoms with E-state index in [1.54, 1.807) is 0 Å². The summed E-state index contributed by atoms with van der Waals surface area (Å²) in [5.74, 6) is -3.80. The number of alkyl halides is 3. The monoisotopic (exact) mass is 277 g/mol. The van der Waals surface area contributed by atoms with Gasteiger partial charge in [-0.3, -0.25) is 0 Å². The number of halogens is 4. The number of esters is 1. The lowest BCUT2D eigenvalue weighted by Crippen LogP contribution is -2.21. The van der Waals surface area contributed by atoms with Gasteiger partial charge >= 0.3 is 12.3 Å². The van der Waals surface area contributed by atoms with E-state index >= 15 is 0 Å². The van der Waals surface area contributed by atoms with Gasteiger partial charge in [0.05, 0.1) is 12.2 Å². The normalized spacial score (nSPS) is 10.7. The van der Waals surface area contributed by atoms with E-state index in [0.29, 0.717) is 6.07 Å². The van der Waals surface area contributed by atoms with Crippen molar-refractivity contribution in [3.05, 3.63) is 29.1 Å². The van der Waals surface area contributed by atoms with Crippen LogP contribution in [0.5, 0.6) is 5.75 Å². The molecule has 19 heavy (non-hydrogen) atoms. The van der Waals surface area contributed by atoms with E-state index in [2.05, 4.69) is 9.47 Å². The van der Waals surface area contributed by atoms with Crippen LogP contribution in [-0.4, -0.2) is 18.9 Å². The summed E-state index contributed by atoms with van der Waals surface area (Å²) in [6.45, 7) is 1.23. The van der Waals surface area contributed by atoms with Crippen molar-refractivity contribution in [1.82, 2.24) is 0 Å². The van der Waals surface area contributed by atoms with Crippen molar-refractivity contribution in [1.29, 1.82) is 5.26 Å². The lowest BCUT2D eigenvalue weighted by atomic mass is 10.1. The third kappa shape index (κ3) is 3.58. The molecule has 1 rings (SSSR count). The molecule has 8 heteroatoms. The van der Waals surface area contributed by atoms with Crippen molar-refractivity contribution in [3.8, 4) is 11.8 Å². The minimum atomic E-state index is -5.17. The second-order valence-corrected chi connectivity index (χ2v) is 3.18. The van der Waals surface area contributed by atoms with Crippen LogP contribution in [0.25, 0.3) is 0 Å². The molecule has 0 aromatic heterocycles. The number of hydrogen-bond donors (Lipinski definition) is 0. The van der Waals surface area contributed by atoms with E-state index < -0.39 is 35.0 Å². The highest BCUT2D eigenvalue weighted by Gasteiger charge is 2.36. The number of hydrogen-bond acceptors (Lipinski definition) is 4. The Morgan fingerprint density at radius 3 is 2.53 bits per heavy atom. The van der Waals surface area contributed by atoms with Gasteiger partial charge in [0.1, 0.15) is 17.4 Å². The summed E-state index contributed by atoms with van der Waals surface area (Å²) in [7, 11) is 0. The predicted molar refractivity (Wildman–Crippen MR) is 53.8 cm³/mol. The molecule has 0 saturated heterocycles. The first-order valence-electron chi connectivity index (χ1n) is 4.95. The Morgan fingerprint density at radius 1 is 1.42 bits per heavy atom. The molecule has 0 unspecified atom stereocenters. The molecular formula is C11H7F4NO3. The largest absolute Gasteiger partial charge is 0.573 e. The van der Waals surface area contributed by atoms with E-state index in [0.717, 1.165) is 6.07 Å². The maximum absolute atomic E-state index is 13.5. The van der Waals surface area contributed by atoms with Crippen molar-refractivity contribution >= 4 is 5.97 Å². The Kier molecular flexibility index (Phi) is 4.32. The standard InChI is InChI=1S/C11H7F4NO3/c1-2-18-10(17)8-7(12)4-3-6(5-16)9(8)19-11(13,14)15/h3-4H,2H2,1H3. The molecular weight excluding hydrogens is 270 g/mol. The van der Waals surface area contributed by atoms with Crippen LogP contribution in [0, 0.1) is 17.1 Å². The Bertz CT molecular complexity index is 534. The number of nitriles is 1. The summed E-state index contributed by atoms with van der Waals surface area (Å²) in [6, 6.07) is 2.85. The van der Waals surface area contributed by atoms with Gasteiger partial charge in [-0.2, -0.15) is 5.26 Å². The fraction of sp³-hybridized carbons (Fsp3) is 0.273. The van der Waals surface area contributed by atoms with Crippen LogP contribution in [0.2, 0.25) is 0 Å². The van der Waals surface area contributed by atoms with Crippen LogP contribution in [0.1, 0.15) is 22.8 Å². The number of carbonyl (C=O) groups excluding carboxylic acids is 1. The number of benzene rings is 1. The molecule has 1 aromatic carbocycles. The van der Waals surface area contributed by atoms with Gasteiger partial charge in [-0.1, -0.05) is 0 Å².